The Morgan fingerprint density at radius 3 is 2.94 bits per heavy atom. The Kier molecular flexibility index (Phi) is 2.83. The standard InChI is InChI=1S/C12H13NO2S/c1-3-15-12(14)11-10(13)8-5-4-7(2)6-9(8)16-11/h4-6H,3,13H2,1-2H3. The van der Waals surface area contributed by atoms with Crippen molar-refractivity contribution >= 4 is 33.1 Å². The molecule has 0 aliphatic heterocycles. The Labute approximate surface area is 97.8 Å². The number of hydrogen-bond donors (Lipinski definition) is 1. The third-order valence-electron chi connectivity index (χ3n) is 2.34. The van der Waals surface area contributed by atoms with Crippen LogP contribution < -0.4 is 5.73 Å². The lowest BCUT2D eigenvalue weighted by Gasteiger charge is -1.99. The molecule has 0 saturated heterocycles. The molecule has 2 N–H and O–H groups in total. The molecule has 2 rings (SSSR count). The molecule has 0 atom stereocenters. The summed E-state index contributed by atoms with van der Waals surface area (Å²) in [5.41, 5.74) is 7.61. The molecule has 1 aromatic heterocycles. The molecular formula is C12H13NO2S. The first-order chi connectivity index (χ1) is 7.63. The van der Waals surface area contributed by atoms with Crippen LogP contribution in [0.25, 0.3) is 10.1 Å². The molecule has 1 aromatic carbocycles. The van der Waals surface area contributed by atoms with E-state index in [1.807, 2.05) is 25.1 Å². The van der Waals surface area contributed by atoms with Gasteiger partial charge in [-0.25, -0.2) is 4.79 Å². The van der Waals surface area contributed by atoms with E-state index in [-0.39, 0.29) is 5.97 Å². The minimum atomic E-state index is -0.334. The SMILES string of the molecule is CCOC(=O)c1sc2cc(C)ccc2c1N. The Balaban J connectivity index is 2.55. The van der Waals surface area contributed by atoms with Crippen molar-refractivity contribution in [1.29, 1.82) is 0 Å². The number of nitrogens with two attached hydrogens (primary N) is 1. The summed E-state index contributed by atoms with van der Waals surface area (Å²) in [7, 11) is 0. The predicted molar refractivity (Wildman–Crippen MR) is 66.9 cm³/mol. The first-order valence-corrected chi connectivity index (χ1v) is 5.91. The van der Waals surface area contributed by atoms with Gasteiger partial charge in [-0.05, 0) is 25.5 Å². The lowest BCUT2D eigenvalue weighted by molar-refractivity contribution is 0.0533. The van der Waals surface area contributed by atoms with Crippen molar-refractivity contribution in [2.75, 3.05) is 12.3 Å². The van der Waals surface area contributed by atoms with E-state index in [2.05, 4.69) is 0 Å². The van der Waals surface area contributed by atoms with Crippen molar-refractivity contribution < 1.29 is 9.53 Å². The number of fused-ring (bicyclic) bond motifs is 1. The van der Waals surface area contributed by atoms with E-state index in [0.29, 0.717) is 17.2 Å². The van der Waals surface area contributed by atoms with E-state index >= 15 is 0 Å². The second-order valence-electron chi connectivity index (χ2n) is 3.56. The van der Waals surface area contributed by atoms with Crippen LogP contribution in [0.15, 0.2) is 18.2 Å². The van der Waals surface area contributed by atoms with Gasteiger partial charge >= 0.3 is 5.97 Å². The van der Waals surface area contributed by atoms with Gasteiger partial charge in [0, 0.05) is 10.1 Å². The maximum Gasteiger partial charge on any atom is 0.350 e. The highest BCUT2D eigenvalue weighted by Gasteiger charge is 2.16. The molecule has 0 bridgehead atoms. The van der Waals surface area contributed by atoms with Crippen LogP contribution in [0.2, 0.25) is 0 Å². The molecule has 0 spiro atoms. The van der Waals surface area contributed by atoms with E-state index in [1.54, 1.807) is 6.92 Å². The first-order valence-electron chi connectivity index (χ1n) is 5.09. The monoisotopic (exact) mass is 235 g/mol. The van der Waals surface area contributed by atoms with Crippen LogP contribution in [-0.4, -0.2) is 12.6 Å². The third-order valence-corrected chi connectivity index (χ3v) is 3.49. The van der Waals surface area contributed by atoms with Gasteiger partial charge in [0.25, 0.3) is 0 Å². The van der Waals surface area contributed by atoms with E-state index in [9.17, 15) is 4.79 Å². The van der Waals surface area contributed by atoms with Gasteiger partial charge in [-0.15, -0.1) is 11.3 Å². The average Bonchev–Trinajstić information content (AvgIpc) is 2.56. The maximum absolute atomic E-state index is 11.6. The fraction of sp³-hybridized carbons (Fsp3) is 0.250. The highest BCUT2D eigenvalue weighted by atomic mass is 32.1. The topological polar surface area (TPSA) is 52.3 Å². The number of nitrogen functional groups attached to an aromatic ring is 1. The summed E-state index contributed by atoms with van der Waals surface area (Å²) in [6, 6.07) is 5.96. The minimum Gasteiger partial charge on any atom is -0.462 e. The number of rotatable bonds is 2. The molecule has 84 valence electrons. The van der Waals surface area contributed by atoms with Crippen molar-refractivity contribution in [2.45, 2.75) is 13.8 Å². The van der Waals surface area contributed by atoms with Crippen LogP contribution >= 0.6 is 11.3 Å². The smallest absolute Gasteiger partial charge is 0.350 e. The molecule has 0 unspecified atom stereocenters. The van der Waals surface area contributed by atoms with Crippen LogP contribution in [0.4, 0.5) is 5.69 Å². The largest absolute Gasteiger partial charge is 0.462 e. The number of carbonyl (C=O) groups is 1. The molecule has 4 heteroatoms. The van der Waals surface area contributed by atoms with Crippen molar-refractivity contribution in [2.24, 2.45) is 0 Å². The lowest BCUT2D eigenvalue weighted by atomic mass is 10.2. The molecule has 16 heavy (non-hydrogen) atoms. The fourth-order valence-corrected chi connectivity index (χ4v) is 2.69. The minimum absolute atomic E-state index is 0.334. The highest BCUT2D eigenvalue weighted by Crippen LogP contribution is 2.34. The third kappa shape index (κ3) is 1.76. The Bertz CT molecular complexity index is 545. The van der Waals surface area contributed by atoms with Crippen LogP contribution in [0, 0.1) is 6.92 Å². The van der Waals surface area contributed by atoms with Crippen LogP contribution in [0.5, 0.6) is 0 Å². The number of hydrogen-bond acceptors (Lipinski definition) is 4. The first kappa shape index (κ1) is 11.0. The van der Waals surface area contributed by atoms with E-state index in [0.717, 1.165) is 15.6 Å². The fourth-order valence-electron chi connectivity index (χ4n) is 1.57. The van der Waals surface area contributed by atoms with Gasteiger partial charge in [-0.2, -0.15) is 0 Å². The second-order valence-corrected chi connectivity index (χ2v) is 4.62. The molecule has 0 aliphatic rings. The number of carbonyl (C=O) groups excluding carboxylic acids is 1. The van der Waals surface area contributed by atoms with Crippen LogP contribution in [0.1, 0.15) is 22.2 Å². The molecule has 0 radical (unpaired) electrons. The summed E-state index contributed by atoms with van der Waals surface area (Å²) in [5, 5.41) is 0.929. The molecule has 0 fully saturated rings. The number of thiophene rings is 1. The van der Waals surface area contributed by atoms with Gasteiger partial charge in [0.05, 0.1) is 12.3 Å². The average molecular weight is 235 g/mol. The van der Waals surface area contributed by atoms with Gasteiger partial charge in [-0.3, -0.25) is 0 Å². The summed E-state index contributed by atoms with van der Waals surface area (Å²) >= 11 is 1.39. The van der Waals surface area contributed by atoms with Crippen molar-refractivity contribution in [3.8, 4) is 0 Å². The highest BCUT2D eigenvalue weighted by molar-refractivity contribution is 7.21. The van der Waals surface area contributed by atoms with E-state index < -0.39 is 0 Å². The normalized spacial score (nSPS) is 10.6. The van der Waals surface area contributed by atoms with Gasteiger partial charge in [0.15, 0.2) is 0 Å². The summed E-state index contributed by atoms with van der Waals surface area (Å²) in [5.74, 6) is -0.334. The number of benzene rings is 1. The number of anilines is 1. The number of aryl methyl sites for hydroxylation is 1. The molecule has 0 saturated carbocycles. The molecular weight excluding hydrogens is 222 g/mol. The van der Waals surface area contributed by atoms with Gasteiger partial charge < -0.3 is 10.5 Å². The zero-order valence-corrected chi connectivity index (χ0v) is 10.1. The predicted octanol–water partition coefficient (Wildman–Crippen LogP) is 2.97. The van der Waals surface area contributed by atoms with Crippen molar-refractivity contribution in [3.05, 3.63) is 28.6 Å². The number of esters is 1. The van der Waals surface area contributed by atoms with Gasteiger partial charge in [0.1, 0.15) is 4.88 Å². The zero-order chi connectivity index (χ0) is 11.7. The maximum atomic E-state index is 11.6. The van der Waals surface area contributed by atoms with Gasteiger partial charge in [-0.1, -0.05) is 12.1 Å². The molecule has 3 nitrogen and oxygen atoms in total. The molecule has 1 heterocycles. The summed E-state index contributed by atoms with van der Waals surface area (Å²) in [6.45, 7) is 4.16. The zero-order valence-electron chi connectivity index (χ0n) is 9.24. The quantitative estimate of drug-likeness (QED) is 0.814. The molecule has 0 aliphatic carbocycles. The van der Waals surface area contributed by atoms with E-state index in [1.165, 1.54) is 11.3 Å². The Morgan fingerprint density at radius 1 is 1.50 bits per heavy atom. The van der Waals surface area contributed by atoms with Crippen LogP contribution in [-0.2, 0) is 4.74 Å². The molecule has 2 aromatic rings. The lowest BCUT2D eigenvalue weighted by Crippen LogP contribution is -2.04. The van der Waals surface area contributed by atoms with Gasteiger partial charge in [0.2, 0.25) is 0 Å². The second kappa shape index (κ2) is 4.14. The Hall–Kier alpha value is -1.55. The molecule has 0 amide bonds. The summed E-state index contributed by atoms with van der Waals surface area (Å²) < 4.78 is 5.99. The summed E-state index contributed by atoms with van der Waals surface area (Å²) in [4.78, 5) is 12.1. The van der Waals surface area contributed by atoms with Crippen molar-refractivity contribution in [3.63, 3.8) is 0 Å². The van der Waals surface area contributed by atoms with Crippen LogP contribution in [0.3, 0.4) is 0 Å². The Morgan fingerprint density at radius 2 is 2.25 bits per heavy atom. The van der Waals surface area contributed by atoms with E-state index in [4.69, 9.17) is 10.5 Å². The summed E-state index contributed by atoms with van der Waals surface area (Å²) in [6.07, 6.45) is 0. The van der Waals surface area contributed by atoms with Crippen molar-refractivity contribution in [1.82, 2.24) is 0 Å². The number of ether oxygens (including phenoxy) is 1.